The summed E-state index contributed by atoms with van der Waals surface area (Å²) >= 11 is 0. The number of rotatable bonds is 5. The van der Waals surface area contributed by atoms with Crippen LogP contribution in [0, 0.1) is 11.7 Å². The van der Waals surface area contributed by atoms with Gasteiger partial charge in [0, 0.05) is 31.1 Å². The van der Waals surface area contributed by atoms with E-state index in [-0.39, 0.29) is 47.4 Å². The molecule has 0 aliphatic carbocycles. The number of halogens is 2. The van der Waals surface area contributed by atoms with Gasteiger partial charge in [-0.3, -0.25) is 9.59 Å². The van der Waals surface area contributed by atoms with Gasteiger partial charge in [-0.2, -0.15) is 0 Å². The van der Waals surface area contributed by atoms with E-state index < -0.39 is 5.82 Å². The van der Waals surface area contributed by atoms with Crippen LogP contribution in [0.2, 0.25) is 0 Å². The quantitative estimate of drug-likeness (QED) is 0.834. The summed E-state index contributed by atoms with van der Waals surface area (Å²) in [5.74, 6) is -0.841. The van der Waals surface area contributed by atoms with Crippen molar-refractivity contribution in [1.29, 1.82) is 0 Å². The van der Waals surface area contributed by atoms with E-state index >= 15 is 0 Å². The first-order valence-electron chi connectivity index (χ1n) is 8.52. The standard InChI is InChI=1S/C18H26FN3O2.ClH/c1-12(2)9-17(23)21-16-7-6-13(10-15(16)19)18(24)22-8-4-3-5-14(22)11-20;/h6-7,10,12,14H,3-5,8-9,11,20H2,1-2H3,(H,21,23);1H. The summed E-state index contributed by atoms with van der Waals surface area (Å²) in [6.45, 7) is 4.90. The number of hydrogen-bond donors (Lipinski definition) is 2. The fraction of sp³-hybridized carbons (Fsp3) is 0.556. The van der Waals surface area contributed by atoms with Gasteiger partial charge in [-0.25, -0.2) is 4.39 Å². The van der Waals surface area contributed by atoms with Gasteiger partial charge >= 0.3 is 0 Å². The lowest BCUT2D eigenvalue weighted by molar-refractivity contribution is -0.116. The normalized spacial score (nSPS) is 17.2. The number of amides is 2. The minimum atomic E-state index is -0.598. The maximum atomic E-state index is 14.2. The lowest BCUT2D eigenvalue weighted by Gasteiger charge is -2.35. The number of carbonyl (C=O) groups excluding carboxylic acids is 2. The second kappa shape index (κ2) is 9.73. The molecule has 0 radical (unpaired) electrons. The highest BCUT2D eigenvalue weighted by Gasteiger charge is 2.26. The Morgan fingerprint density at radius 1 is 1.36 bits per heavy atom. The van der Waals surface area contributed by atoms with Crippen molar-refractivity contribution >= 4 is 29.9 Å². The van der Waals surface area contributed by atoms with Gasteiger partial charge in [-0.1, -0.05) is 13.8 Å². The van der Waals surface area contributed by atoms with E-state index in [9.17, 15) is 14.0 Å². The summed E-state index contributed by atoms with van der Waals surface area (Å²) in [6.07, 6.45) is 3.20. The molecule has 1 aliphatic rings. The van der Waals surface area contributed by atoms with Crippen molar-refractivity contribution in [2.24, 2.45) is 11.7 Å². The topological polar surface area (TPSA) is 75.4 Å². The van der Waals surface area contributed by atoms with Crippen LogP contribution in [0.4, 0.5) is 10.1 Å². The Bertz CT molecular complexity index is 610. The van der Waals surface area contributed by atoms with E-state index in [2.05, 4.69) is 5.32 Å². The van der Waals surface area contributed by atoms with E-state index in [1.165, 1.54) is 12.1 Å². The third-order valence-corrected chi connectivity index (χ3v) is 4.24. The molecule has 1 fully saturated rings. The molecule has 1 aliphatic heterocycles. The maximum Gasteiger partial charge on any atom is 0.254 e. The van der Waals surface area contributed by atoms with E-state index in [0.717, 1.165) is 19.3 Å². The molecule has 1 unspecified atom stereocenters. The summed E-state index contributed by atoms with van der Waals surface area (Å²) in [6, 6.07) is 4.20. The third-order valence-electron chi connectivity index (χ3n) is 4.24. The van der Waals surface area contributed by atoms with Crippen molar-refractivity contribution in [1.82, 2.24) is 4.90 Å². The molecule has 1 saturated heterocycles. The van der Waals surface area contributed by atoms with Crippen molar-refractivity contribution < 1.29 is 14.0 Å². The summed E-state index contributed by atoms with van der Waals surface area (Å²) in [4.78, 5) is 26.1. The van der Waals surface area contributed by atoms with Crippen LogP contribution in [-0.4, -0.2) is 35.8 Å². The predicted octanol–water partition coefficient (Wildman–Crippen LogP) is 3.19. The van der Waals surface area contributed by atoms with E-state index in [0.29, 0.717) is 19.5 Å². The number of likely N-dealkylation sites (tertiary alicyclic amines) is 1. The van der Waals surface area contributed by atoms with Crippen molar-refractivity contribution in [2.75, 3.05) is 18.4 Å². The summed E-state index contributed by atoms with van der Waals surface area (Å²) in [5.41, 5.74) is 6.13. The van der Waals surface area contributed by atoms with Crippen molar-refractivity contribution in [3.63, 3.8) is 0 Å². The van der Waals surface area contributed by atoms with Crippen molar-refractivity contribution in [3.8, 4) is 0 Å². The highest BCUT2D eigenvalue weighted by atomic mass is 35.5. The largest absolute Gasteiger partial charge is 0.334 e. The van der Waals surface area contributed by atoms with Gasteiger partial charge in [0.15, 0.2) is 0 Å². The van der Waals surface area contributed by atoms with Crippen LogP contribution in [0.15, 0.2) is 18.2 Å². The van der Waals surface area contributed by atoms with Gasteiger partial charge in [0.2, 0.25) is 5.91 Å². The van der Waals surface area contributed by atoms with Crippen LogP contribution >= 0.6 is 12.4 Å². The average molecular weight is 372 g/mol. The maximum absolute atomic E-state index is 14.2. The minimum absolute atomic E-state index is 0. The van der Waals surface area contributed by atoms with Crippen LogP contribution in [-0.2, 0) is 4.79 Å². The molecule has 0 aromatic heterocycles. The highest BCUT2D eigenvalue weighted by Crippen LogP contribution is 2.22. The van der Waals surface area contributed by atoms with E-state index in [1.54, 1.807) is 11.0 Å². The number of anilines is 1. The first kappa shape index (κ1) is 21.4. The number of nitrogens with two attached hydrogens (primary N) is 1. The van der Waals surface area contributed by atoms with Gasteiger partial charge in [0.05, 0.1) is 5.69 Å². The molecule has 1 heterocycles. The molecule has 1 aromatic carbocycles. The smallest absolute Gasteiger partial charge is 0.254 e. The number of carbonyl (C=O) groups is 2. The Hall–Kier alpha value is -1.66. The van der Waals surface area contributed by atoms with E-state index in [4.69, 9.17) is 5.73 Å². The van der Waals surface area contributed by atoms with E-state index in [1.807, 2.05) is 13.8 Å². The second-order valence-corrected chi connectivity index (χ2v) is 6.72. The number of hydrogen-bond acceptors (Lipinski definition) is 3. The lowest BCUT2D eigenvalue weighted by atomic mass is 10.0. The number of benzene rings is 1. The molecular formula is C18H27ClFN3O2. The third kappa shape index (κ3) is 5.68. The molecule has 1 aromatic rings. The number of piperidine rings is 1. The molecule has 5 nitrogen and oxygen atoms in total. The summed E-state index contributed by atoms with van der Waals surface area (Å²) in [5, 5.41) is 2.55. The zero-order valence-electron chi connectivity index (χ0n) is 14.8. The Labute approximate surface area is 154 Å². The van der Waals surface area contributed by atoms with Gasteiger partial charge in [0.1, 0.15) is 5.82 Å². The molecule has 25 heavy (non-hydrogen) atoms. The van der Waals surface area contributed by atoms with Crippen LogP contribution in [0.25, 0.3) is 0 Å². The molecule has 0 saturated carbocycles. The lowest BCUT2D eigenvalue weighted by Crippen LogP contribution is -2.47. The predicted molar refractivity (Wildman–Crippen MR) is 99.5 cm³/mol. The van der Waals surface area contributed by atoms with Crippen LogP contribution < -0.4 is 11.1 Å². The molecule has 7 heteroatoms. The molecular weight excluding hydrogens is 345 g/mol. The average Bonchev–Trinajstić information content (AvgIpc) is 2.55. The highest BCUT2D eigenvalue weighted by molar-refractivity contribution is 5.96. The van der Waals surface area contributed by atoms with Gasteiger partial charge in [-0.05, 0) is 43.4 Å². The Morgan fingerprint density at radius 2 is 2.08 bits per heavy atom. The molecule has 2 amide bonds. The minimum Gasteiger partial charge on any atom is -0.334 e. The van der Waals surface area contributed by atoms with Crippen LogP contribution in [0.3, 0.4) is 0 Å². The van der Waals surface area contributed by atoms with Crippen molar-refractivity contribution in [2.45, 2.75) is 45.6 Å². The fourth-order valence-corrected chi connectivity index (χ4v) is 3.00. The SMILES string of the molecule is CC(C)CC(=O)Nc1ccc(C(=O)N2CCCCC2CN)cc1F.Cl. The summed E-state index contributed by atoms with van der Waals surface area (Å²) in [7, 11) is 0. The van der Waals surface area contributed by atoms with Gasteiger partial charge < -0.3 is 16.0 Å². The molecule has 3 N–H and O–H groups in total. The molecule has 0 bridgehead atoms. The van der Waals surface area contributed by atoms with Gasteiger partial charge in [0.25, 0.3) is 5.91 Å². The zero-order chi connectivity index (χ0) is 17.7. The Kier molecular flexibility index (Phi) is 8.32. The number of nitrogens with zero attached hydrogens (tertiary/aromatic N) is 1. The number of nitrogens with one attached hydrogen (secondary N) is 1. The van der Waals surface area contributed by atoms with Gasteiger partial charge in [-0.15, -0.1) is 12.4 Å². The Balaban J connectivity index is 0.00000312. The van der Waals surface area contributed by atoms with Crippen LogP contribution in [0.5, 0.6) is 0 Å². The molecule has 2 rings (SSSR count). The fourth-order valence-electron chi connectivity index (χ4n) is 3.00. The first-order valence-corrected chi connectivity index (χ1v) is 8.52. The first-order chi connectivity index (χ1) is 11.4. The molecule has 0 spiro atoms. The molecule has 1 atom stereocenters. The van der Waals surface area contributed by atoms with Crippen LogP contribution in [0.1, 0.15) is 49.9 Å². The second-order valence-electron chi connectivity index (χ2n) is 6.72. The molecule has 140 valence electrons. The zero-order valence-corrected chi connectivity index (χ0v) is 15.6. The van der Waals surface area contributed by atoms with Crippen molar-refractivity contribution in [3.05, 3.63) is 29.6 Å². The summed E-state index contributed by atoms with van der Waals surface area (Å²) < 4.78 is 14.2. The monoisotopic (exact) mass is 371 g/mol. The Morgan fingerprint density at radius 3 is 2.68 bits per heavy atom.